The molecule has 1 aromatic heterocycles. The van der Waals surface area contributed by atoms with Gasteiger partial charge in [-0.3, -0.25) is 9.78 Å². The molecule has 2 aliphatic heterocycles. The molecule has 0 saturated carbocycles. The molecule has 6 heteroatoms. The second-order valence-electron chi connectivity index (χ2n) is 7.50. The van der Waals surface area contributed by atoms with Crippen LogP contribution < -0.4 is 0 Å². The molecule has 2 aliphatic rings. The number of hydrogen-bond donors (Lipinski definition) is 0. The molecule has 3 heterocycles. The van der Waals surface area contributed by atoms with Gasteiger partial charge in [0.15, 0.2) is 0 Å². The third-order valence-corrected chi connectivity index (χ3v) is 5.18. The summed E-state index contributed by atoms with van der Waals surface area (Å²) in [6.07, 6.45) is 5.36. The molecule has 0 bridgehead atoms. The first-order valence-corrected chi connectivity index (χ1v) is 9.24. The highest BCUT2D eigenvalue weighted by Gasteiger charge is 2.49. The van der Waals surface area contributed by atoms with E-state index in [2.05, 4.69) is 11.1 Å². The predicted molar refractivity (Wildman–Crippen MR) is 97.8 cm³/mol. The van der Waals surface area contributed by atoms with Gasteiger partial charge in [-0.2, -0.15) is 0 Å². The first kappa shape index (κ1) is 18.1. The number of nitrogens with zero attached hydrogens (tertiary/aromatic N) is 2. The van der Waals surface area contributed by atoms with E-state index < -0.39 is 5.82 Å². The van der Waals surface area contributed by atoms with Crippen LogP contribution in [0.5, 0.6) is 0 Å². The molecule has 142 valence electrons. The summed E-state index contributed by atoms with van der Waals surface area (Å²) in [5.41, 5.74) is 2.22. The first-order chi connectivity index (χ1) is 13.0. The van der Waals surface area contributed by atoms with Crippen molar-refractivity contribution < 1.29 is 18.7 Å². The number of pyridine rings is 1. The van der Waals surface area contributed by atoms with Gasteiger partial charge in [-0.05, 0) is 42.7 Å². The normalized spacial score (nSPS) is 21.1. The molecule has 0 radical (unpaired) electrons. The minimum absolute atomic E-state index is 0.102. The van der Waals surface area contributed by atoms with Crippen molar-refractivity contribution in [1.82, 2.24) is 9.88 Å². The Morgan fingerprint density at radius 1 is 1.37 bits per heavy atom. The maximum Gasteiger partial charge on any atom is 0.254 e. The highest BCUT2D eigenvalue weighted by atomic mass is 19.1. The third-order valence-electron chi connectivity index (χ3n) is 5.18. The molecule has 1 amide bonds. The number of carbonyl (C=O) groups excluding carboxylic acids is 1. The summed E-state index contributed by atoms with van der Waals surface area (Å²) in [7, 11) is 0. The average Bonchev–Trinajstić information content (AvgIpc) is 2.64. The van der Waals surface area contributed by atoms with Crippen LogP contribution in [0.25, 0.3) is 0 Å². The van der Waals surface area contributed by atoms with Gasteiger partial charge in [-0.1, -0.05) is 12.1 Å². The number of likely N-dealkylation sites (tertiary alicyclic amines) is 1. The van der Waals surface area contributed by atoms with Crippen molar-refractivity contribution >= 4 is 5.91 Å². The fraction of sp³-hybridized carbons (Fsp3) is 0.429. The molecule has 5 nitrogen and oxygen atoms in total. The van der Waals surface area contributed by atoms with Crippen molar-refractivity contribution in [2.45, 2.75) is 38.1 Å². The van der Waals surface area contributed by atoms with Gasteiger partial charge in [-0.25, -0.2) is 4.39 Å². The lowest BCUT2D eigenvalue weighted by molar-refractivity contribution is -0.188. The van der Waals surface area contributed by atoms with Gasteiger partial charge in [0.25, 0.3) is 5.91 Å². The lowest BCUT2D eigenvalue weighted by atomic mass is 9.84. The smallest absolute Gasteiger partial charge is 0.254 e. The summed E-state index contributed by atoms with van der Waals surface area (Å²) in [5, 5.41) is 0. The topological polar surface area (TPSA) is 51.7 Å². The lowest BCUT2D eigenvalue weighted by Crippen LogP contribution is -2.67. The van der Waals surface area contributed by atoms with Gasteiger partial charge in [0.2, 0.25) is 0 Å². The van der Waals surface area contributed by atoms with Crippen LogP contribution in [0.2, 0.25) is 0 Å². The molecule has 2 fully saturated rings. The molecule has 2 saturated heterocycles. The van der Waals surface area contributed by atoms with E-state index in [1.807, 2.05) is 19.3 Å². The fourth-order valence-electron chi connectivity index (χ4n) is 3.85. The molecule has 0 N–H and O–H groups in total. The summed E-state index contributed by atoms with van der Waals surface area (Å²) >= 11 is 0. The Morgan fingerprint density at radius 2 is 2.22 bits per heavy atom. The minimum atomic E-state index is -0.399. The molecular formula is C21H23FN2O3. The van der Waals surface area contributed by atoms with E-state index in [1.54, 1.807) is 17.0 Å². The molecular weight excluding hydrogens is 347 g/mol. The van der Waals surface area contributed by atoms with Gasteiger partial charge >= 0.3 is 0 Å². The fourth-order valence-corrected chi connectivity index (χ4v) is 3.85. The van der Waals surface area contributed by atoms with E-state index in [9.17, 15) is 9.18 Å². The quantitative estimate of drug-likeness (QED) is 0.830. The molecule has 0 aliphatic carbocycles. The number of carbonyl (C=O) groups is 1. The summed E-state index contributed by atoms with van der Waals surface area (Å²) in [5.74, 6) is -0.554. The van der Waals surface area contributed by atoms with Crippen LogP contribution in [0.3, 0.4) is 0 Å². The first-order valence-electron chi connectivity index (χ1n) is 9.24. The maximum atomic E-state index is 13.3. The van der Waals surface area contributed by atoms with E-state index >= 15 is 0 Å². The van der Waals surface area contributed by atoms with Crippen LogP contribution in [-0.4, -0.2) is 47.2 Å². The van der Waals surface area contributed by atoms with E-state index in [0.29, 0.717) is 31.9 Å². The molecule has 1 spiro atoms. The van der Waals surface area contributed by atoms with Crippen LogP contribution in [0, 0.1) is 12.7 Å². The summed E-state index contributed by atoms with van der Waals surface area (Å²) in [4.78, 5) is 18.4. The van der Waals surface area contributed by atoms with Crippen LogP contribution >= 0.6 is 0 Å². The Bertz CT molecular complexity index is 836. The van der Waals surface area contributed by atoms with Crippen LogP contribution in [-0.2, 0) is 16.1 Å². The summed E-state index contributed by atoms with van der Waals surface area (Å²) in [6, 6.07) is 7.88. The standard InChI is InChI=1S/C21H23FN2O3/c1-15-7-16(11-23-10-15)12-26-19-5-6-27-21(9-19)13-24(14-21)20(25)17-3-2-4-18(22)8-17/h2-4,7-8,10-11,19H,5-6,9,12-14H2,1H3. The number of halogens is 1. The largest absolute Gasteiger partial charge is 0.373 e. The Balaban J connectivity index is 1.32. The zero-order valence-electron chi connectivity index (χ0n) is 15.4. The predicted octanol–water partition coefficient (Wildman–Crippen LogP) is 3.12. The Morgan fingerprint density at radius 3 is 3.00 bits per heavy atom. The van der Waals surface area contributed by atoms with Gasteiger partial charge in [0.05, 0.1) is 25.8 Å². The summed E-state index contributed by atoms with van der Waals surface area (Å²) in [6.45, 7) is 4.21. The molecule has 4 rings (SSSR count). The van der Waals surface area contributed by atoms with E-state index in [1.165, 1.54) is 12.1 Å². The highest BCUT2D eigenvalue weighted by Crippen LogP contribution is 2.36. The number of benzene rings is 1. The van der Waals surface area contributed by atoms with E-state index in [0.717, 1.165) is 24.0 Å². The number of amides is 1. The minimum Gasteiger partial charge on any atom is -0.373 e. The average molecular weight is 370 g/mol. The molecule has 1 unspecified atom stereocenters. The zero-order valence-corrected chi connectivity index (χ0v) is 15.4. The van der Waals surface area contributed by atoms with Crippen molar-refractivity contribution in [2.24, 2.45) is 0 Å². The Hall–Kier alpha value is -2.31. The number of aromatic nitrogens is 1. The highest BCUT2D eigenvalue weighted by molar-refractivity contribution is 5.94. The SMILES string of the molecule is Cc1cncc(COC2CCOC3(C2)CN(C(=O)c2cccc(F)c2)C3)c1. The van der Waals surface area contributed by atoms with Crippen molar-refractivity contribution in [2.75, 3.05) is 19.7 Å². The van der Waals surface area contributed by atoms with Gasteiger partial charge in [0.1, 0.15) is 11.4 Å². The van der Waals surface area contributed by atoms with E-state index in [-0.39, 0.29) is 17.6 Å². The molecule has 1 aromatic carbocycles. The van der Waals surface area contributed by atoms with Gasteiger partial charge in [-0.15, -0.1) is 0 Å². The van der Waals surface area contributed by atoms with Crippen molar-refractivity contribution in [3.8, 4) is 0 Å². The number of ether oxygens (including phenoxy) is 2. The van der Waals surface area contributed by atoms with E-state index in [4.69, 9.17) is 9.47 Å². The molecule has 27 heavy (non-hydrogen) atoms. The maximum absolute atomic E-state index is 13.3. The van der Waals surface area contributed by atoms with Crippen LogP contribution in [0.4, 0.5) is 4.39 Å². The second-order valence-corrected chi connectivity index (χ2v) is 7.50. The molecule has 1 atom stereocenters. The monoisotopic (exact) mass is 370 g/mol. The van der Waals surface area contributed by atoms with Gasteiger partial charge < -0.3 is 14.4 Å². The third kappa shape index (κ3) is 4.01. The number of rotatable bonds is 4. The van der Waals surface area contributed by atoms with Crippen molar-refractivity contribution in [3.63, 3.8) is 0 Å². The van der Waals surface area contributed by atoms with Crippen molar-refractivity contribution in [1.29, 1.82) is 0 Å². The Kier molecular flexibility index (Phi) is 4.93. The van der Waals surface area contributed by atoms with Gasteiger partial charge in [0, 0.05) is 31.0 Å². The number of hydrogen-bond acceptors (Lipinski definition) is 4. The second kappa shape index (κ2) is 7.37. The number of aryl methyl sites for hydroxylation is 1. The summed E-state index contributed by atoms with van der Waals surface area (Å²) < 4.78 is 25.4. The Labute approximate surface area is 158 Å². The molecule has 2 aromatic rings. The zero-order chi connectivity index (χ0) is 18.9. The van der Waals surface area contributed by atoms with Crippen molar-refractivity contribution in [3.05, 3.63) is 65.2 Å². The van der Waals surface area contributed by atoms with Crippen LogP contribution in [0.1, 0.15) is 34.3 Å². The van der Waals surface area contributed by atoms with Crippen LogP contribution in [0.15, 0.2) is 42.7 Å². The lowest BCUT2D eigenvalue weighted by Gasteiger charge is -2.53.